The first-order chi connectivity index (χ1) is 7.58. The van der Waals surface area contributed by atoms with Gasteiger partial charge in [-0.05, 0) is 43.1 Å². The summed E-state index contributed by atoms with van der Waals surface area (Å²) in [7, 11) is 0. The summed E-state index contributed by atoms with van der Waals surface area (Å²) in [5.41, 5.74) is 0. The van der Waals surface area contributed by atoms with Gasteiger partial charge in [0, 0.05) is 12.6 Å². The molecule has 1 aromatic heterocycles. The van der Waals surface area contributed by atoms with Crippen molar-refractivity contribution < 1.29 is 4.42 Å². The summed E-state index contributed by atoms with van der Waals surface area (Å²) in [4.78, 5) is 0. The molecule has 16 heavy (non-hydrogen) atoms. The number of halogens is 1. The number of hydrogen-bond acceptors (Lipinski definition) is 3. The molecule has 0 spiro atoms. The zero-order valence-electron chi connectivity index (χ0n) is 10.2. The van der Waals surface area contributed by atoms with Gasteiger partial charge in [0.25, 0.3) is 0 Å². The first-order valence-electron chi connectivity index (χ1n) is 5.76. The van der Waals surface area contributed by atoms with Crippen molar-refractivity contribution in [2.45, 2.75) is 33.4 Å². The molecule has 0 aliphatic carbocycles. The second-order valence-electron chi connectivity index (χ2n) is 4.54. The van der Waals surface area contributed by atoms with E-state index in [0.29, 0.717) is 17.2 Å². The molecule has 4 heteroatoms. The molecule has 0 radical (unpaired) electrons. The second kappa shape index (κ2) is 6.94. The van der Waals surface area contributed by atoms with Crippen molar-refractivity contribution in [1.29, 1.82) is 0 Å². The standard InChI is InChI=1S/C12H21ClN2O/c1-9(2)6-14-7-10(3)15-8-11-4-5-12(13)16-11/h4-5,9-10,14-15H,6-8H2,1-3H3. The molecule has 1 unspecified atom stereocenters. The quantitative estimate of drug-likeness (QED) is 0.775. The molecule has 0 bridgehead atoms. The normalized spacial score (nSPS) is 13.3. The summed E-state index contributed by atoms with van der Waals surface area (Å²) in [6.45, 7) is 9.30. The van der Waals surface area contributed by atoms with Crippen molar-refractivity contribution in [2.75, 3.05) is 13.1 Å². The zero-order chi connectivity index (χ0) is 12.0. The van der Waals surface area contributed by atoms with E-state index in [4.69, 9.17) is 16.0 Å². The van der Waals surface area contributed by atoms with Crippen molar-refractivity contribution in [3.63, 3.8) is 0 Å². The Labute approximate surface area is 103 Å². The molecule has 1 rings (SSSR count). The molecule has 0 aliphatic rings. The fraction of sp³-hybridized carbons (Fsp3) is 0.667. The van der Waals surface area contributed by atoms with Crippen molar-refractivity contribution in [2.24, 2.45) is 5.92 Å². The van der Waals surface area contributed by atoms with Crippen LogP contribution < -0.4 is 10.6 Å². The Morgan fingerprint density at radius 2 is 2.00 bits per heavy atom. The lowest BCUT2D eigenvalue weighted by Gasteiger charge is -2.14. The van der Waals surface area contributed by atoms with E-state index in [-0.39, 0.29) is 0 Å². The summed E-state index contributed by atoms with van der Waals surface area (Å²) >= 11 is 5.69. The van der Waals surface area contributed by atoms with Crippen LogP contribution in [0.2, 0.25) is 5.22 Å². The fourth-order valence-corrected chi connectivity index (χ4v) is 1.54. The van der Waals surface area contributed by atoms with E-state index in [1.165, 1.54) is 0 Å². The minimum Gasteiger partial charge on any atom is -0.448 e. The Balaban J connectivity index is 2.12. The Kier molecular flexibility index (Phi) is 5.88. The summed E-state index contributed by atoms with van der Waals surface area (Å²) in [5, 5.41) is 7.22. The van der Waals surface area contributed by atoms with Crippen LogP contribution in [0, 0.1) is 5.92 Å². The van der Waals surface area contributed by atoms with E-state index in [9.17, 15) is 0 Å². The van der Waals surface area contributed by atoms with E-state index in [0.717, 1.165) is 25.4 Å². The minimum atomic E-state index is 0.419. The van der Waals surface area contributed by atoms with Crippen LogP contribution in [0.15, 0.2) is 16.5 Å². The SMILES string of the molecule is CC(C)CNCC(C)NCc1ccc(Cl)o1. The largest absolute Gasteiger partial charge is 0.448 e. The molecular formula is C12H21ClN2O. The highest BCUT2D eigenvalue weighted by Crippen LogP contribution is 2.12. The van der Waals surface area contributed by atoms with Crippen LogP contribution in [0.5, 0.6) is 0 Å². The molecule has 3 nitrogen and oxygen atoms in total. The van der Waals surface area contributed by atoms with Crippen LogP contribution in [0.1, 0.15) is 26.5 Å². The summed E-state index contributed by atoms with van der Waals surface area (Å²) in [6.07, 6.45) is 0. The predicted octanol–water partition coefficient (Wildman–Crippen LogP) is 2.66. The molecule has 0 amide bonds. The highest BCUT2D eigenvalue weighted by Gasteiger charge is 2.04. The molecule has 0 saturated heterocycles. The molecule has 0 saturated carbocycles. The van der Waals surface area contributed by atoms with E-state index in [1.807, 2.05) is 6.07 Å². The van der Waals surface area contributed by atoms with Gasteiger partial charge in [-0.15, -0.1) is 0 Å². The number of hydrogen-bond donors (Lipinski definition) is 2. The van der Waals surface area contributed by atoms with Crippen LogP contribution in [-0.4, -0.2) is 19.1 Å². The molecule has 0 aromatic carbocycles. The lowest BCUT2D eigenvalue weighted by atomic mass is 10.2. The Hall–Kier alpha value is -0.510. The van der Waals surface area contributed by atoms with Crippen molar-refractivity contribution in [1.82, 2.24) is 10.6 Å². The predicted molar refractivity (Wildman–Crippen MR) is 67.7 cm³/mol. The molecule has 1 heterocycles. The van der Waals surface area contributed by atoms with Gasteiger partial charge in [0.05, 0.1) is 6.54 Å². The second-order valence-corrected chi connectivity index (χ2v) is 4.91. The fourth-order valence-electron chi connectivity index (χ4n) is 1.38. The van der Waals surface area contributed by atoms with Crippen molar-refractivity contribution in [3.05, 3.63) is 23.1 Å². The van der Waals surface area contributed by atoms with Gasteiger partial charge in [-0.3, -0.25) is 0 Å². The van der Waals surface area contributed by atoms with E-state index in [2.05, 4.69) is 31.4 Å². The van der Waals surface area contributed by atoms with Gasteiger partial charge in [-0.2, -0.15) is 0 Å². The molecule has 0 fully saturated rings. The first-order valence-corrected chi connectivity index (χ1v) is 6.14. The Bertz CT molecular complexity index is 299. The number of rotatable bonds is 7. The highest BCUT2D eigenvalue weighted by atomic mass is 35.5. The van der Waals surface area contributed by atoms with Crippen LogP contribution in [0.25, 0.3) is 0 Å². The number of furan rings is 1. The van der Waals surface area contributed by atoms with Gasteiger partial charge in [0.2, 0.25) is 0 Å². The molecular weight excluding hydrogens is 224 g/mol. The van der Waals surface area contributed by atoms with E-state index < -0.39 is 0 Å². The summed E-state index contributed by atoms with van der Waals surface area (Å²) in [5.74, 6) is 1.57. The van der Waals surface area contributed by atoms with Crippen LogP contribution >= 0.6 is 11.6 Å². The van der Waals surface area contributed by atoms with Gasteiger partial charge >= 0.3 is 0 Å². The minimum absolute atomic E-state index is 0.419. The average molecular weight is 245 g/mol. The van der Waals surface area contributed by atoms with E-state index in [1.54, 1.807) is 6.07 Å². The third-order valence-electron chi connectivity index (χ3n) is 2.26. The van der Waals surface area contributed by atoms with Crippen molar-refractivity contribution >= 4 is 11.6 Å². The molecule has 2 N–H and O–H groups in total. The molecule has 1 atom stereocenters. The lowest BCUT2D eigenvalue weighted by molar-refractivity contribution is 0.433. The third kappa shape index (κ3) is 5.54. The number of nitrogens with one attached hydrogen (secondary N) is 2. The Morgan fingerprint density at radius 1 is 1.25 bits per heavy atom. The topological polar surface area (TPSA) is 37.2 Å². The van der Waals surface area contributed by atoms with Crippen LogP contribution in [-0.2, 0) is 6.54 Å². The van der Waals surface area contributed by atoms with Gasteiger partial charge in [0.1, 0.15) is 5.76 Å². The van der Waals surface area contributed by atoms with Crippen molar-refractivity contribution in [3.8, 4) is 0 Å². The maximum absolute atomic E-state index is 5.69. The van der Waals surface area contributed by atoms with Crippen LogP contribution in [0.3, 0.4) is 0 Å². The van der Waals surface area contributed by atoms with Gasteiger partial charge in [-0.1, -0.05) is 13.8 Å². The van der Waals surface area contributed by atoms with E-state index >= 15 is 0 Å². The highest BCUT2D eigenvalue weighted by molar-refractivity contribution is 6.28. The lowest BCUT2D eigenvalue weighted by Crippen LogP contribution is -2.37. The van der Waals surface area contributed by atoms with Gasteiger partial charge in [0.15, 0.2) is 5.22 Å². The smallest absolute Gasteiger partial charge is 0.193 e. The zero-order valence-corrected chi connectivity index (χ0v) is 11.0. The molecule has 92 valence electrons. The van der Waals surface area contributed by atoms with Gasteiger partial charge < -0.3 is 15.1 Å². The summed E-state index contributed by atoms with van der Waals surface area (Å²) < 4.78 is 5.26. The maximum Gasteiger partial charge on any atom is 0.193 e. The Morgan fingerprint density at radius 3 is 2.56 bits per heavy atom. The molecule has 1 aromatic rings. The summed E-state index contributed by atoms with van der Waals surface area (Å²) in [6, 6.07) is 4.08. The van der Waals surface area contributed by atoms with Gasteiger partial charge in [-0.25, -0.2) is 0 Å². The molecule has 0 aliphatic heterocycles. The third-order valence-corrected chi connectivity index (χ3v) is 2.46. The average Bonchev–Trinajstić information content (AvgIpc) is 2.61. The van der Waals surface area contributed by atoms with Crippen LogP contribution in [0.4, 0.5) is 0 Å². The monoisotopic (exact) mass is 244 g/mol. The maximum atomic E-state index is 5.69. The first kappa shape index (κ1) is 13.6.